The third-order valence-corrected chi connectivity index (χ3v) is 2.92. The molecule has 1 amide bonds. The first kappa shape index (κ1) is 12.9. The van der Waals surface area contributed by atoms with Crippen LogP contribution in [-0.2, 0) is 4.74 Å². The smallest absolute Gasteiger partial charge is 0.292 e. The van der Waals surface area contributed by atoms with Crippen LogP contribution in [0.15, 0.2) is 24.5 Å². The third kappa shape index (κ3) is 2.21. The summed E-state index contributed by atoms with van der Waals surface area (Å²) in [6, 6.07) is 3.11. The van der Waals surface area contributed by atoms with E-state index in [4.69, 9.17) is 15.6 Å². The summed E-state index contributed by atoms with van der Waals surface area (Å²) in [6.45, 7) is -0.398. The summed E-state index contributed by atoms with van der Waals surface area (Å²) in [4.78, 5) is 11.1. The van der Waals surface area contributed by atoms with Crippen LogP contribution in [0, 0.1) is 0 Å². The third-order valence-electron chi connectivity index (χ3n) is 2.92. The van der Waals surface area contributed by atoms with E-state index in [9.17, 15) is 15.0 Å². The Morgan fingerprint density at radius 3 is 2.72 bits per heavy atom. The van der Waals surface area contributed by atoms with Crippen LogP contribution in [-0.4, -0.2) is 46.1 Å². The minimum absolute atomic E-state index is 0.259. The van der Waals surface area contributed by atoms with Crippen molar-refractivity contribution < 1.29 is 29.4 Å². The van der Waals surface area contributed by atoms with Crippen molar-refractivity contribution in [1.82, 2.24) is 0 Å². The maximum Gasteiger partial charge on any atom is 0.292 e. The van der Waals surface area contributed by atoms with Gasteiger partial charge in [0.1, 0.15) is 17.8 Å². The van der Waals surface area contributed by atoms with Gasteiger partial charge < -0.3 is 25.8 Å². The average Bonchev–Trinajstić information content (AvgIpc) is 2.66. The van der Waals surface area contributed by atoms with Crippen LogP contribution >= 0.6 is 0 Å². The number of aliphatic hydroxyl groups is 3. The Bertz CT molecular complexity index is 453. The van der Waals surface area contributed by atoms with Gasteiger partial charge in [0.05, 0.1) is 6.61 Å². The van der Waals surface area contributed by atoms with E-state index >= 15 is 0 Å². The molecule has 2 heterocycles. The predicted octanol–water partition coefficient (Wildman–Crippen LogP) is -2.32. The summed E-state index contributed by atoms with van der Waals surface area (Å²) in [5, 5.41) is 28.4. The zero-order chi connectivity index (χ0) is 13.3. The highest BCUT2D eigenvalue weighted by Crippen LogP contribution is 2.24. The molecule has 5 N–H and O–H groups in total. The Kier molecular flexibility index (Phi) is 3.58. The Morgan fingerprint density at radius 1 is 1.44 bits per heavy atom. The van der Waals surface area contributed by atoms with E-state index in [1.165, 1.54) is 16.8 Å². The molecule has 0 radical (unpaired) electrons. The van der Waals surface area contributed by atoms with Crippen LogP contribution in [0.25, 0.3) is 0 Å². The van der Waals surface area contributed by atoms with Crippen molar-refractivity contribution >= 4 is 5.91 Å². The summed E-state index contributed by atoms with van der Waals surface area (Å²) in [6.07, 6.45) is -1.08. The fraction of sp³-hybridized carbons (Fsp3) is 0.455. The monoisotopic (exact) mass is 255 g/mol. The van der Waals surface area contributed by atoms with Crippen LogP contribution in [0.4, 0.5) is 0 Å². The summed E-state index contributed by atoms with van der Waals surface area (Å²) >= 11 is 0. The maximum absolute atomic E-state index is 11.1. The van der Waals surface area contributed by atoms with Gasteiger partial charge in [-0.1, -0.05) is 0 Å². The van der Waals surface area contributed by atoms with E-state index in [1.54, 1.807) is 12.3 Å². The van der Waals surface area contributed by atoms with Gasteiger partial charge in [0.2, 0.25) is 0 Å². The number of primary amides is 1. The van der Waals surface area contributed by atoms with Crippen molar-refractivity contribution in [2.24, 2.45) is 5.73 Å². The molecule has 7 nitrogen and oxygen atoms in total. The highest BCUT2D eigenvalue weighted by Gasteiger charge is 2.47. The first-order chi connectivity index (χ1) is 8.54. The Balaban J connectivity index is 2.27. The number of ether oxygens (including phenoxy) is 1. The normalized spacial score (nSPS) is 31.5. The molecule has 1 saturated heterocycles. The van der Waals surface area contributed by atoms with Crippen molar-refractivity contribution in [3.8, 4) is 0 Å². The molecule has 0 aliphatic carbocycles. The average molecular weight is 255 g/mol. The summed E-state index contributed by atoms with van der Waals surface area (Å²) in [5.41, 5.74) is 5.41. The standard InChI is InChI=1S/C11H14N2O5/c12-10(17)6-2-1-3-13(4-6)11-9(16)8(15)7(5-14)18-11/h1-4,7-9,11,14-16H,5H2,(H-,12,17)/p+1/t7-,8?,9?,11-/m1/s1. The number of carbonyl (C=O) groups excluding carboxylic acids is 1. The number of aliphatic hydroxyl groups excluding tert-OH is 3. The van der Waals surface area contributed by atoms with Crippen LogP contribution in [0.5, 0.6) is 0 Å². The number of hydrogen-bond acceptors (Lipinski definition) is 5. The van der Waals surface area contributed by atoms with E-state index in [-0.39, 0.29) is 5.56 Å². The molecule has 0 bridgehead atoms. The maximum atomic E-state index is 11.1. The quantitative estimate of drug-likeness (QED) is 0.453. The highest BCUT2D eigenvalue weighted by atomic mass is 16.6. The van der Waals surface area contributed by atoms with Crippen LogP contribution < -0.4 is 10.3 Å². The summed E-state index contributed by atoms with van der Waals surface area (Å²) < 4.78 is 6.75. The lowest BCUT2D eigenvalue weighted by atomic mass is 10.1. The number of hydrogen-bond donors (Lipinski definition) is 4. The van der Waals surface area contributed by atoms with E-state index in [0.29, 0.717) is 0 Å². The Hall–Kier alpha value is -1.54. The molecule has 1 aromatic heterocycles. The minimum Gasteiger partial charge on any atom is -0.394 e. The number of amides is 1. The fourth-order valence-electron chi connectivity index (χ4n) is 1.92. The minimum atomic E-state index is -1.18. The van der Waals surface area contributed by atoms with Crippen molar-refractivity contribution in [1.29, 1.82) is 0 Å². The SMILES string of the molecule is NC(=O)c1ccc[n+]([C@@H]2O[C@H](CO)C(O)C2O)c1. The number of pyridine rings is 1. The molecule has 2 unspecified atom stereocenters. The molecule has 0 saturated carbocycles. The van der Waals surface area contributed by atoms with Gasteiger partial charge in [0.25, 0.3) is 12.1 Å². The second-order valence-electron chi connectivity index (χ2n) is 4.13. The molecule has 1 aliphatic rings. The van der Waals surface area contributed by atoms with Crippen LogP contribution in [0.1, 0.15) is 16.6 Å². The van der Waals surface area contributed by atoms with E-state index < -0.39 is 37.1 Å². The zero-order valence-corrected chi connectivity index (χ0v) is 9.51. The van der Waals surface area contributed by atoms with Gasteiger partial charge >= 0.3 is 0 Å². The molecular formula is C11H15N2O5+. The molecular weight excluding hydrogens is 240 g/mol. The second kappa shape index (κ2) is 4.99. The zero-order valence-electron chi connectivity index (χ0n) is 9.51. The van der Waals surface area contributed by atoms with Gasteiger partial charge in [0.15, 0.2) is 18.5 Å². The molecule has 2 rings (SSSR count). The molecule has 0 spiro atoms. The van der Waals surface area contributed by atoms with Crippen molar-refractivity contribution in [2.75, 3.05) is 6.61 Å². The Morgan fingerprint density at radius 2 is 2.17 bits per heavy atom. The Labute approximate surface area is 103 Å². The molecule has 18 heavy (non-hydrogen) atoms. The van der Waals surface area contributed by atoms with Crippen LogP contribution in [0.2, 0.25) is 0 Å². The molecule has 98 valence electrons. The number of nitrogens with two attached hydrogens (primary N) is 1. The molecule has 4 atom stereocenters. The van der Waals surface area contributed by atoms with E-state index in [2.05, 4.69) is 0 Å². The molecule has 7 heteroatoms. The molecule has 1 fully saturated rings. The summed E-state index contributed by atoms with van der Waals surface area (Å²) in [7, 11) is 0. The number of nitrogens with zero attached hydrogens (tertiary/aromatic N) is 1. The second-order valence-corrected chi connectivity index (χ2v) is 4.13. The van der Waals surface area contributed by atoms with Crippen LogP contribution in [0.3, 0.4) is 0 Å². The van der Waals surface area contributed by atoms with Gasteiger partial charge in [-0.3, -0.25) is 4.79 Å². The predicted molar refractivity (Wildman–Crippen MR) is 58.2 cm³/mol. The van der Waals surface area contributed by atoms with E-state index in [0.717, 1.165) is 0 Å². The highest BCUT2D eigenvalue weighted by molar-refractivity contribution is 5.92. The fourth-order valence-corrected chi connectivity index (χ4v) is 1.92. The van der Waals surface area contributed by atoms with Gasteiger partial charge in [-0.25, -0.2) is 0 Å². The topological polar surface area (TPSA) is 117 Å². The van der Waals surface area contributed by atoms with Gasteiger partial charge in [-0.15, -0.1) is 0 Å². The molecule has 0 aromatic carbocycles. The number of aromatic nitrogens is 1. The lowest BCUT2D eigenvalue weighted by molar-refractivity contribution is -0.765. The molecule has 1 aromatic rings. The lowest BCUT2D eigenvalue weighted by Crippen LogP contribution is -2.46. The molecule has 1 aliphatic heterocycles. The first-order valence-corrected chi connectivity index (χ1v) is 5.47. The largest absolute Gasteiger partial charge is 0.394 e. The number of carbonyl (C=O) groups is 1. The van der Waals surface area contributed by atoms with Gasteiger partial charge in [-0.05, 0) is 6.07 Å². The van der Waals surface area contributed by atoms with Crippen molar-refractivity contribution in [2.45, 2.75) is 24.5 Å². The number of rotatable bonds is 3. The lowest BCUT2D eigenvalue weighted by Gasteiger charge is -2.09. The van der Waals surface area contributed by atoms with E-state index in [1.807, 2.05) is 0 Å². The first-order valence-electron chi connectivity index (χ1n) is 5.47. The van der Waals surface area contributed by atoms with Crippen molar-refractivity contribution in [3.05, 3.63) is 30.1 Å². The van der Waals surface area contributed by atoms with Gasteiger partial charge in [0, 0.05) is 6.07 Å². The summed E-state index contributed by atoms with van der Waals surface area (Å²) in [5.74, 6) is -0.601. The van der Waals surface area contributed by atoms with Gasteiger partial charge in [-0.2, -0.15) is 4.57 Å². The van der Waals surface area contributed by atoms with Crippen molar-refractivity contribution in [3.63, 3.8) is 0 Å².